The quantitative estimate of drug-likeness (QED) is 0.547. The van der Waals surface area contributed by atoms with E-state index in [4.69, 9.17) is 0 Å². The van der Waals surface area contributed by atoms with Crippen molar-refractivity contribution < 1.29 is 15.3 Å². The van der Waals surface area contributed by atoms with Crippen molar-refractivity contribution in [2.75, 3.05) is 13.1 Å². The average molecular weight is 432 g/mol. The highest BCUT2D eigenvalue weighted by molar-refractivity contribution is 5.17. The van der Waals surface area contributed by atoms with Gasteiger partial charge >= 0.3 is 0 Å². The first-order chi connectivity index (χ1) is 14.7. The molecule has 6 aliphatic rings. The molecule has 2 heterocycles. The van der Waals surface area contributed by atoms with Crippen LogP contribution in [-0.4, -0.2) is 57.2 Å². The van der Waals surface area contributed by atoms with E-state index in [1.54, 1.807) is 0 Å². The largest absolute Gasteiger partial charge is 0.393 e. The average Bonchev–Trinajstić information content (AvgIpc) is 3.03. The predicted molar refractivity (Wildman–Crippen MR) is 121 cm³/mol. The minimum absolute atomic E-state index is 0.0760. The van der Waals surface area contributed by atoms with E-state index in [-0.39, 0.29) is 29.5 Å². The Labute approximate surface area is 188 Å². The van der Waals surface area contributed by atoms with Gasteiger partial charge in [-0.2, -0.15) is 0 Å². The summed E-state index contributed by atoms with van der Waals surface area (Å²) < 4.78 is 0. The second-order valence-corrected chi connectivity index (χ2v) is 13.3. The molecule has 0 amide bonds. The molecule has 6 rings (SSSR count). The second kappa shape index (κ2) is 7.17. The zero-order chi connectivity index (χ0) is 21.7. The van der Waals surface area contributed by atoms with E-state index in [1.807, 2.05) is 0 Å². The van der Waals surface area contributed by atoms with Crippen LogP contribution >= 0.6 is 0 Å². The van der Waals surface area contributed by atoms with Gasteiger partial charge in [0.2, 0.25) is 0 Å². The molecular formula is C27H45NO3. The lowest BCUT2D eigenvalue weighted by atomic mass is 9.50. The molecule has 0 aromatic heterocycles. The van der Waals surface area contributed by atoms with E-state index in [2.05, 4.69) is 25.7 Å². The number of aliphatic hydroxyl groups is 3. The number of hydrogen-bond acceptors (Lipinski definition) is 4. The van der Waals surface area contributed by atoms with Crippen molar-refractivity contribution in [3.05, 3.63) is 0 Å². The van der Waals surface area contributed by atoms with Gasteiger partial charge in [-0.1, -0.05) is 20.8 Å². The molecule has 0 spiro atoms. The van der Waals surface area contributed by atoms with Gasteiger partial charge in [-0.25, -0.2) is 0 Å². The molecule has 2 aliphatic heterocycles. The van der Waals surface area contributed by atoms with Crippen molar-refractivity contribution in [1.29, 1.82) is 0 Å². The Morgan fingerprint density at radius 1 is 0.774 bits per heavy atom. The molecule has 3 N–H and O–H groups in total. The van der Waals surface area contributed by atoms with Crippen molar-refractivity contribution >= 4 is 0 Å². The molecule has 4 heteroatoms. The van der Waals surface area contributed by atoms with E-state index < -0.39 is 5.60 Å². The maximum atomic E-state index is 12.3. The highest BCUT2D eigenvalue weighted by Gasteiger charge is 2.67. The fourth-order valence-corrected chi connectivity index (χ4v) is 10.6. The van der Waals surface area contributed by atoms with Gasteiger partial charge in [-0.3, -0.25) is 4.90 Å². The molecule has 31 heavy (non-hydrogen) atoms. The zero-order valence-electron chi connectivity index (χ0n) is 19.9. The van der Waals surface area contributed by atoms with Crippen LogP contribution in [0.1, 0.15) is 78.6 Å². The minimum atomic E-state index is -0.579. The van der Waals surface area contributed by atoms with Gasteiger partial charge in [-0.15, -0.1) is 0 Å². The second-order valence-electron chi connectivity index (χ2n) is 13.3. The van der Waals surface area contributed by atoms with E-state index in [0.29, 0.717) is 17.8 Å². The van der Waals surface area contributed by atoms with Crippen LogP contribution in [-0.2, 0) is 0 Å². The number of fused-ring (bicyclic) bond motifs is 8. The van der Waals surface area contributed by atoms with Gasteiger partial charge in [0, 0.05) is 19.1 Å². The monoisotopic (exact) mass is 431 g/mol. The third kappa shape index (κ3) is 2.93. The van der Waals surface area contributed by atoms with Crippen molar-refractivity contribution in [2.24, 2.45) is 52.8 Å². The van der Waals surface area contributed by atoms with Gasteiger partial charge in [0.1, 0.15) is 0 Å². The predicted octanol–water partition coefficient (Wildman–Crippen LogP) is 3.68. The summed E-state index contributed by atoms with van der Waals surface area (Å²) in [4.78, 5) is 2.81. The number of nitrogens with zero attached hydrogens (tertiary/aromatic N) is 1. The van der Waals surface area contributed by atoms with Gasteiger partial charge in [0.15, 0.2) is 0 Å². The molecule has 176 valence electrons. The van der Waals surface area contributed by atoms with Crippen LogP contribution in [0.15, 0.2) is 0 Å². The summed E-state index contributed by atoms with van der Waals surface area (Å²) in [5.41, 5.74) is -0.503. The van der Waals surface area contributed by atoms with Gasteiger partial charge in [0.05, 0.1) is 17.8 Å². The fraction of sp³-hybridized carbons (Fsp3) is 1.00. The maximum absolute atomic E-state index is 12.3. The Morgan fingerprint density at radius 2 is 1.58 bits per heavy atom. The lowest BCUT2D eigenvalue weighted by Gasteiger charge is -2.59. The lowest BCUT2D eigenvalue weighted by Crippen LogP contribution is -2.62. The Bertz CT molecular complexity index is 713. The zero-order valence-corrected chi connectivity index (χ0v) is 19.9. The number of aliphatic hydroxyl groups excluding tert-OH is 2. The highest BCUT2D eigenvalue weighted by Crippen LogP contribution is 2.68. The molecule has 4 nitrogen and oxygen atoms in total. The van der Waals surface area contributed by atoms with Crippen LogP contribution in [0.5, 0.6) is 0 Å². The van der Waals surface area contributed by atoms with E-state index in [0.717, 1.165) is 62.3 Å². The summed E-state index contributed by atoms with van der Waals surface area (Å²) in [5, 5.41) is 33.8. The van der Waals surface area contributed by atoms with Crippen molar-refractivity contribution in [2.45, 2.75) is 102 Å². The number of hydrogen-bond donors (Lipinski definition) is 3. The summed E-state index contributed by atoms with van der Waals surface area (Å²) in [5.74, 6) is 4.30. The van der Waals surface area contributed by atoms with Crippen LogP contribution in [0.25, 0.3) is 0 Å². The van der Waals surface area contributed by atoms with Gasteiger partial charge < -0.3 is 15.3 Å². The molecule has 4 aliphatic carbocycles. The lowest BCUT2D eigenvalue weighted by molar-refractivity contribution is -0.176. The first-order valence-electron chi connectivity index (χ1n) is 13.5. The molecule has 13 atom stereocenters. The minimum Gasteiger partial charge on any atom is -0.393 e. The van der Waals surface area contributed by atoms with E-state index in [9.17, 15) is 15.3 Å². The fourth-order valence-electron chi connectivity index (χ4n) is 10.6. The van der Waals surface area contributed by atoms with Crippen LogP contribution < -0.4 is 0 Å². The molecule has 6 fully saturated rings. The summed E-state index contributed by atoms with van der Waals surface area (Å²) in [7, 11) is 0. The third-order valence-electron chi connectivity index (χ3n) is 12.1. The molecule has 0 bridgehead atoms. The molecule has 4 saturated carbocycles. The van der Waals surface area contributed by atoms with Crippen LogP contribution in [0, 0.1) is 52.8 Å². The smallest absolute Gasteiger partial charge is 0.0711 e. The van der Waals surface area contributed by atoms with Gasteiger partial charge in [0.25, 0.3) is 0 Å². The molecule has 0 aromatic carbocycles. The molecule has 0 radical (unpaired) electrons. The standard InChI is InChI=1S/C27H45NO3/c1-15-4-5-24-16(2)18-7-9-27(31)20(19(18)14-28(24)13-15)11-21-22(27)12-25(30)23-10-17(29)6-8-26(21,23)3/h15-25,29-31H,4-14H2,1-3H3/t15-,16-,17+,18+,19-,20-,21-,22+,23-,24-,25+,26-,27+/m1/s1. The maximum Gasteiger partial charge on any atom is 0.0711 e. The Morgan fingerprint density at radius 3 is 2.39 bits per heavy atom. The van der Waals surface area contributed by atoms with E-state index in [1.165, 1.54) is 32.4 Å². The van der Waals surface area contributed by atoms with Crippen molar-refractivity contribution in [1.82, 2.24) is 4.90 Å². The van der Waals surface area contributed by atoms with Crippen molar-refractivity contribution in [3.63, 3.8) is 0 Å². The van der Waals surface area contributed by atoms with Crippen LogP contribution in [0.2, 0.25) is 0 Å². The summed E-state index contributed by atoms with van der Waals surface area (Å²) in [6.45, 7) is 9.76. The molecule has 0 aromatic rings. The summed E-state index contributed by atoms with van der Waals surface area (Å²) >= 11 is 0. The first kappa shape index (κ1) is 21.4. The Kier molecular flexibility index (Phi) is 4.94. The molecule has 0 unspecified atom stereocenters. The topological polar surface area (TPSA) is 63.9 Å². The normalized spacial score (nSPS) is 61.5. The first-order valence-corrected chi connectivity index (χ1v) is 13.5. The highest BCUT2D eigenvalue weighted by atomic mass is 16.3. The number of piperidine rings is 2. The Balaban J connectivity index is 1.32. The molecule has 2 saturated heterocycles. The SMILES string of the molecule is C[C@@H]1CC[C@@H]2[C@H](C)[C@@H]3CC[C@]4(O)[C@H](C[C@@H]5[C@@H]4C[C@H](O)[C@H]4C[C@@H](O)CC[C@@]45C)[C@@H]3CN2C1. The van der Waals surface area contributed by atoms with Crippen LogP contribution in [0.4, 0.5) is 0 Å². The summed E-state index contributed by atoms with van der Waals surface area (Å²) in [6, 6.07) is 0.760. The summed E-state index contributed by atoms with van der Waals surface area (Å²) in [6.07, 6.45) is 8.78. The van der Waals surface area contributed by atoms with Gasteiger partial charge in [-0.05, 0) is 111 Å². The Hall–Kier alpha value is -0.160. The number of rotatable bonds is 0. The van der Waals surface area contributed by atoms with E-state index >= 15 is 0 Å². The third-order valence-corrected chi connectivity index (χ3v) is 12.1. The van der Waals surface area contributed by atoms with Crippen molar-refractivity contribution in [3.8, 4) is 0 Å². The molecular weight excluding hydrogens is 386 g/mol. The van der Waals surface area contributed by atoms with Crippen LogP contribution in [0.3, 0.4) is 0 Å².